The molecule has 2 unspecified atom stereocenters. The number of esters is 1. The van der Waals surface area contributed by atoms with Gasteiger partial charge in [-0.2, -0.15) is 13.2 Å². The smallest absolute Gasteiger partial charge is 0.390 e. The van der Waals surface area contributed by atoms with E-state index >= 15 is 0 Å². The number of ether oxygens (including phenoxy) is 1. The topological polar surface area (TPSA) is 55.6 Å². The van der Waals surface area contributed by atoms with Crippen LogP contribution in [0, 0.1) is 0 Å². The van der Waals surface area contributed by atoms with E-state index in [1.54, 1.807) is 14.0 Å². The standard InChI is InChI=1S/C11H21F3N2O2/c1-8(7-10(2,15)9(17)18-4)16(3)6-5-11(12,13)14/h8H,5-7,15H2,1-4H3. The van der Waals surface area contributed by atoms with Gasteiger partial charge in [0.15, 0.2) is 0 Å². The van der Waals surface area contributed by atoms with E-state index < -0.39 is 24.1 Å². The molecule has 0 bridgehead atoms. The first-order chi connectivity index (χ1) is 7.99. The number of carbonyl (C=O) groups excluding carboxylic acids is 1. The molecule has 0 amide bonds. The second-order valence-electron chi connectivity index (χ2n) is 4.81. The molecule has 18 heavy (non-hydrogen) atoms. The Bertz CT molecular complexity index is 280. The van der Waals surface area contributed by atoms with Crippen LogP contribution in [0.15, 0.2) is 0 Å². The lowest BCUT2D eigenvalue weighted by Crippen LogP contribution is -2.50. The molecule has 0 radical (unpaired) electrons. The van der Waals surface area contributed by atoms with Crippen LogP contribution >= 0.6 is 0 Å². The van der Waals surface area contributed by atoms with Crippen LogP contribution in [-0.4, -0.2) is 49.3 Å². The Morgan fingerprint density at radius 1 is 1.44 bits per heavy atom. The van der Waals surface area contributed by atoms with Crippen molar-refractivity contribution < 1.29 is 22.7 Å². The van der Waals surface area contributed by atoms with E-state index in [-0.39, 0.29) is 19.0 Å². The Labute approximate surface area is 105 Å². The largest absolute Gasteiger partial charge is 0.468 e. The fraction of sp³-hybridized carbons (Fsp3) is 0.909. The van der Waals surface area contributed by atoms with E-state index in [2.05, 4.69) is 4.74 Å². The first kappa shape index (κ1) is 17.2. The van der Waals surface area contributed by atoms with Gasteiger partial charge in [-0.1, -0.05) is 0 Å². The Morgan fingerprint density at radius 3 is 2.33 bits per heavy atom. The summed E-state index contributed by atoms with van der Waals surface area (Å²) in [6.07, 6.45) is -4.83. The lowest BCUT2D eigenvalue weighted by molar-refractivity contribution is -0.148. The Kier molecular flexibility index (Phi) is 6.09. The summed E-state index contributed by atoms with van der Waals surface area (Å²) in [5.41, 5.74) is 4.57. The van der Waals surface area contributed by atoms with Gasteiger partial charge in [0.05, 0.1) is 13.5 Å². The van der Waals surface area contributed by atoms with Gasteiger partial charge in [0.1, 0.15) is 5.54 Å². The molecule has 0 aromatic rings. The SMILES string of the molecule is COC(=O)C(C)(N)CC(C)N(C)CCC(F)(F)F. The molecule has 0 aromatic heterocycles. The summed E-state index contributed by atoms with van der Waals surface area (Å²) in [5, 5.41) is 0. The Balaban J connectivity index is 4.31. The molecule has 2 N–H and O–H groups in total. The minimum absolute atomic E-state index is 0.123. The maximum Gasteiger partial charge on any atom is 0.390 e. The number of methoxy groups -OCH3 is 1. The maximum absolute atomic E-state index is 12.1. The molecular formula is C11H21F3N2O2. The summed E-state index contributed by atoms with van der Waals surface area (Å²) in [5.74, 6) is -0.571. The second kappa shape index (κ2) is 6.38. The van der Waals surface area contributed by atoms with Crippen molar-refractivity contribution in [1.29, 1.82) is 0 Å². The minimum Gasteiger partial charge on any atom is -0.468 e. The van der Waals surface area contributed by atoms with E-state index in [1.165, 1.54) is 18.9 Å². The van der Waals surface area contributed by atoms with Crippen molar-refractivity contribution in [1.82, 2.24) is 4.90 Å². The lowest BCUT2D eigenvalue weighted by atomic mass is 9.94. The van der Waals surface area contributed by atoms with E-state index in [0.717, 1.165) is 0 Å². The third-order valence-corrected chi connectivity index (χ3v) is 2.87. The molecule has 2 atom stereocenters. The van der Waals surface area contributed by atoms with Gasteiger partial charge in [0, 0.05) is 12.6 Å². The van der Waals surface area contributed by atoms with Crippen molar-refractivity contribution in [3.8, 4) is 0 Å². The van der Waals surface area contributed by atoms with Gasteiger partial charge < -0.3 is 15.4 Å². The highest BCUT2D eigenvalue weighted by molar-refractivity contribution is 5.79. The highest BCUT2D eigenvalue weighted by Gasteiger charge is 2.33. The van der Waals surface area contributed by atoms with Gasteiger partial charge in [-0.15, -0.1) is 0 Å². The predicted octanol–water partition coefficient (Wildman–Crippen LogP) is 1.54. The van der Waals surface area contributed by atoms with Crippen molar-refractivity contribution >= 4 is 5.97 Å². The molecule has 0 saturated carbocycles. The van der Waals surface area contributed by atoms with E-state index in [0.29, 0.717) is 0 Å². The van der Waals surface area contributed by atoms with Gasteiger partial charge in [-0.3, -0.25) is 4.79 Å². The zero-order valence-corrected chi connectivity index (χ0v) is 11.2. The summed E-state index contributed by atoms with van der Waals surface area (Å²) >= 11 is 0. The molecule has 0 aliphatic carbocycles. The summed E-state index contributed by atoms with van der Waals surface area (Å²) in [6.45, 7) is 3.11. The van der Waals surface area contributed by atoms with Gasteiger partial charge in [0.2, 0.25) is 0 Å². The highest BCUT2D eigenvalue weighted by Crippen LogP contribution is 2.21. The van der Waals surface area contributed by atoms with E-state index in [9.17, 15) is 18.0 Å². The number of rotatable bonds is 6. The molecule has 0 spiro atoms. The van der Waals surface area contributed by atoms with Crippen LogP contribution in [0.25, 0.3) is 0 Å². The number of hydrogen-bond acceptors (Lipinski definition) is 4. The number of carbonyl (C=O) groups is 1. The quantitative estimate of drug-likeness (QED) is 0.744. The van der Waals surface area contributed by atoms with Crippen LogP contribution in [0.4, 0.5) is 13.2 Å². The first-order valence-electron chi connectivity index (χ1n) is 5.64. The number of nitrogens with zero attached hydrogens (tertiary/aromatic N) is 1. The van der Waals surface area contributed by atoms with Gasteiger partial charge in [-0.25, -0.2) is 0 Å². The van der Waals surface area contributed by atoms with Gasteiger partial charge in [-0.05, 0) is 27.3 Å². The second-order valence-corrected chi connectivity index (χ2v) is 4.81. The number of hydrogen-bond donors (Lipinski definition) is 1. The molecule has 0 fully saturated rings. The molecule has 108 valence electrons. The first-order valence-corrected chi connectivity index (χ1v) is 5.64. The average Bonchev–Trinajstić information content (AvgIpc) is 2.22. The predicted molar refractivity (Wildman–Crippen MR) is 62.0 cm³/mol. The molecule has 0 aliphatic heterocycles. The average molecular weight is 270 g/mol. The van der Waals surface area contributed by atoms with Crippen molar-refractivity contribution in [3.63, 3.8) is 0 Å². The van der Waals surface area contributed by atoms with Crippen LogP contribution < -0.4 is 5.73 Å². The third kappa shape index (κ3) is 6.20. The summed E-state index contributed by atoms with van der Waals surface area (Å²) in [4.78, 5) is 12.9. The fourth-order valence-electron chi connectivity index (χ4n) is 1.61. The van der Waals surface area contributed by atoms with Crippen LogP contribution in [0.3, 0.4) is 0 Å². The molecule has 0 heterocycles. The van der Waals surface area contributed by atoms with Crippen molar-refractivity contribution in [3.05, 3.63) is 0 Å². The zero-order valence-electron chi connectivity index (χ0n) is 11.2. The summed E-state index contributed by atoms with van der Waals surface area (Å²) < 4.78 is 40.8. The Morgan fingerprint density at radius 2 is 1.94 bits per heavy atom. The maximum atomic E-state index is 12.1. The van der Waals surface area contributed by atoms with E-state index in [1.807, 2.05) is 0 Å². The number of nitrogens with two attached hydrogens (primary N) is 1. The van der Waals surface area contributed by atoms with Crippen LogP contribution in [0.5, 0.6) is 0 Å². The fourth-order valence-corrected chi connectivity index (χ4v) is 1.61. The summed E-state index contributed by atoms with van der Waals surface area (Å²) in [6, 6.07) is -0.249. The van der Waals surface area contributed by atoms with Crippen LogP contribution in [0.1, 0.15) is 26.7 Å². The van der Waals surface area contributed by atoms with Gasteiger partial charge in [0.25, 0.3) is 0 Å². The monoisotopic (exact) mass is 270 g/mol. The van der Waals surface area contributed by atoms with E-state index in [4.69, 9.17) is 5.73 Å². The lowest BCUT2D eigenvalue weighted by Gasteiger charge is -2.31. The summed E-state index contributed by atoms with van der Waals surface area (Å²) in [7, 11) is 2.80. The highest BCUT2D eigenvalue weighted by atomic mass is 19.4. The van der Waals surface area contributed by atoms with Gasteiger partial charge >= 0.3 is 12.1 Å². The normalized spacial score (nSPS) is 17.4. The van der Waals surface area contributed by atoms with Crippen molar-refractivity contribution in [2.24, 2.45) is 5.73 Å². The minimum atomic E-state index is -4.18. The van der Waals surface area contributed by atoms with Crippen LogP contribution in [-0.2, 0) is 9.53 Å². The molecule has 0 saturated heterocycles. The molecule has 0 rings (SSSR count). The van der Waals surface area contributed by atoms with Crippen molar-refractivity contribution in [2.75, 3.05) is 20.7 Å². The molecule has 0 aromatic carbocycles. The van der Waals surface area contributed by atoms with Crippen molar-refractivity contribution in [2.45, 2.75) is 44.4 Å². The molecule has 4 nitrogen and oxygen atoms in total. The number of halogens is 3. The molecular weight excluding hydrogens is 249 g/mol. The van der Waals surface area contributed by atoms with Crippen LogP contribution in [0.2, 0.25) is 0 Å². The molecule has 0 aliphatic rings. The molecule has 7 heteroatoms. The zero-order chi connectivity index (χ0) is 14.6. The number of alkyl halides is 3. The third-order valence-electron chi connectivity index (χ3n) is 2.87. The Hall–Kier alpha value is -0.820.